The Kier molecular flexibility index (Phi) is 0.862. The Morgan fingerprint density at radius 3 is 2.50 bits per heavy atom. The van der Waals surface area contributed by atoms with E-state index in [0.717, 1.165) is 0 Å². The van der Waals surface area contributed by atoms with Crippen LogP contribution in [0.15, 0.2) is 24.2 Å². The monoisotopic (exact) mass is 129 g/mol. The van der Waals surface area contributed by atoms with Crippen LogP contribution in [0.4, 0.5) is 5.69 Å². The van der Waals surface area contributed by atoms with Gasteiger partial charge in [-0.25, -0.2) is 0 Å². The summed E-state index contributed by atoms with van der Waals surface area (Å²) in [6.07, 6.45) is 0. The van der Waals surface area contributed by atoms with Crippen LogP contribution in [0.5, 0.6) is 0 Å². The maximum Gasteiger partial charge on any atom is 0.0645 e. The zero-order valence-corrected chi connectivity index (χ0v) is 4.87. The molecule has 8 heavy (non-hydrogen) atoms. The Hall–Kier alpha value is -0.690. The summed E-state index contributed by atoms with van der Waals surface area (Å²) in [6.45, 7) is 0. The predicted octanol–water partition coefficient (Wildman–Crippen LogP) is 1.92. The van der Waals surface area contributed by atoms with Gasteiger partial charge < -0.3 is 5.73 Å². The van der Waals surface area contributed by atoms with Crippen LogP contribution in [0.25, 0.3) is 0 Å². The largest absolute Gasteiger partial charge is 0.399 e. The van der Waals surface area contributed by atoms with Crippen molar-refractivity contribution in [3.63, 3.8) is 0 Å². The molecule has 0 aromatic heterocycles. The Bertz CT molecular complexity index is 239. The maximum atomic E-state index is 7.17. The van der Waals surface area contributed by atoms with Crippen molar-refractivity contribution in [2.45, 2.75) is 0 Å². The van der Waals surface area contributed by atoms with Crippen molar-refractivity contribution < 1.29 is 2.74 Å². The smallest absolute Gasteiger partial charge is 0.0645 e. The van der Waals surface area contributed by atoms with E-state index in [4.69, 9.17) is 20.1 Å². The van der Waals surface area contributed by atoms with Crippen LogP contribution in [-0.4, -0.2) is 0 Å². The van der Waals surface area contributed by atoms with Crippen LogP contribution in [0, 0.1) is 0 Å². The molecule has 1 rings (SSSR count). The second kappa shape index (κ2) is 2.05. The number of rotatable bonds is 0. The molecule has 0 bridgehead atoms. The van der Waals surface area contributed by atoms with E-state index in [1.54, 1.807) is 0 Å². The highest BCUT2D eigenvalue weighted by molar-refractivity contribution is 6.30. The molecule has 0 aliphatic heterocycles. The minimum Gasteiger partial charge on any atom is -0.399 e. The van der Waals surface area contributed by atoms with Crippen LogP contribution in [-0.2, 0) is 0 Å². The first-order valence-electron chi connectivity index (χ1n) is 3.13. The normalized spacial score (nSPS) is 12.6. The van der Waals surface area contributed by atoms with E-state index in [2.05, 4.69) is 0 Å². The molecule has 42 valence electrons. The van der Waals surface area contributed by atoms with Crippen molar-refractivity contribution in [1.82, 2.24) is 0 Å². The molecule has 0 fully saturated rings. The summed E-state index contributed by atoms with van der Waals surface area (Å²) in [4.78, 5) is 0. The molecular weight excluding hydrogens is 122 g/mol. The van der Waals surface area contributed by atoms with Crippen molar-refractivity contribution in [3.05, 3.63) is 29.2 Å². The Morgan fingerprint density at radius 1 is 1.50 bits per heavy atom. The van der Waals surface area contributed by atoms with Gasteiger partial charge >= 0.3 is 0 Å². The molecule has 2 N–H and O–H groups in total. The number of benzene rings is 1. The standard InChI is InChI=1S/C6H6ClN/c7-5-1-3-6(8)4-2-5/h1-4H,8H2/i3D,4D. The highest BCUT2D eigenvalue weighted by atomic mass is 35.5. The number of halogens is 1. The molecule has 0 saturated carbocycles. The third-order valence-electron chi connectivity index (χ3n) is 0.731. The molecule has 0 saturated heterocycles. The van der Waals surface area contributed by atoms with Gasteiger partial charge in [-0.05, 0) is 24.2 Å². The molecule has 0 unspecified atom stereocenters. The molecule has 1 nitrogen and oxygen atoms in total. The Balaban J connectivity index is 3.31. The Morgan fingerprint density at radius 2 is 2.00 bits per heavy atom. The summed E-state index contributed by atoms with van der Waals surface area (Å²) in [7, 11) is 0. The van der Waals surface area contributed by atoms with E-state index in [-0.39, 0.29) is 17.8 Å². The van der Waals surface area contributed by atoms with Crippen molar-refractivity contribution in [2.24, 2.45) is 0 Å². The zero-order chi connectivity index (χ0) is 7.72. The number of nitrogen functional groups attached to an aromatic ring is 1. The highest BCUT2D eigenvalue weighted by Gasteiger charge is 1.82. The van der Waals surface area contributed by atoms with Crippen molar-refractivity contribution in [1.29, 1.82) is 0 Å². The van der Waals surface area contributed by atoms with Gasteiger partial charge in [0, 0.05) is 10.7 Å². The zero-order valence-electron chi connectivity index (χ0n) is 6.11. The van der Waals surface area contributed by atoms with Crippen molar-refractivity contribution >= 4 is 17.3 Å². The van der Waals surface area contributed by atoms with Crippen LogP contribution < -0.4 is 5.73 Å². The SMILES string of the molecule is [2H]c1cc(Cl)cc([2H])c1N. The third-order valence-corrected chi connectivity index (χ3v) is 0.949. The molecule has 0 atom stereocenters. The van der Waals surface area contributed by atoms with Crippen molar-refractivity contribution in [2.75, 3.05) is 5.73 Å². The fraction of sp³-hybridized carbons (Fsp3) is 0. The van der Waals surface area contributed by atoms with E-state index in [1.165, 1.54) is 12.1 Å². The first-order valence-corrected chi connectivity index (χ1v) is 2.51. The molecule has 0 radical (unpaired) electrons. The second-order valence-electron chi connectivity index (χ2n) is 1.38. The van der Waals surface area contributed by atoms with Crippen LogP contribution >= 0.6 is 11.6 Å². The van der Waals surface area contributed by atoms with E-state index in [9.17, 15) is 0 Å². The Labute approximate surface area is 55.9 Å². The van der Waals surface area contributed by atoms with Gasteiger partial charge in [-0.3, -0.25) is 0 Å². The summed E-state index contributed by atoms with van der Waals surface area (Å²) in [5.74, 6) is 0. The second-order valence-corrected chi connectivity index (χ2v) is 1.81. The minimum absolute atomic E-state index is 0.109. The lowest BCUT2D eigenvalue weighted by molar-refractivity contribution is 1.69. The van der Waals surface area contributed by atoms with Crippen LogP contribution in [0.2, 0.25) is 5.02 Å². The van der Waals surface area contributed by atoms with Gasteiger partial charge in [-0.15, -0.1) is 0 Å². The molecular formula is C6H6ClN. The van der Waals surface area contributed by atoms with Gasteiger partial charge in [0.2, 0.25) is 0 Å². The molecule has 1 aromatic carbocycles. The lowest BCUT2D eigenvalue weighted by Crippen LogP contribution is -1.80. The van der Waals surface area contributed by atoms with E-state index >= 15 is 0 Å². The lowest BCUT2D eigenvalue weighted by atomic mass is 10.3. The first-order chi connectivity index (χ1) is 4.61. The number of hydrogen-bond donors (Lipinski definition) is 1. The quantitative estimate of drug-likeness (QED) is 0.533. The van der Waals surface area contributed by atoms with Crippen LogP contribution in [0.3, 0.4) is 0 Å². The molecule has 2 heteroatoms. The molecule has 0 heterocycles. The molecule has 0 aliphatic rings. The fourth-order valence-corrected chi connectivity index (χ4v) is 0.486. The minimum atomic E-state index is 0.109. The lowest BCUT2D eigenvalue weighted by Gasteiger charge is -1.88. The summed E-state index contributed by atoms with van der Waals surface area (Å²) >= 11 is 5.53. The third kappa shape index (κ3) is 1.14. The molecule has 0 amide bonds. The van der Waals surface area contributed by atoms with E-state index in [0.29, 0.717) is 5.02 Å². The van der Waals surface area contributed by atoms with Gasteiger partial charge in [0.15, 0.2) is 0 Å². The molecule has 0 spiro atoms. The maximum absolute atomic E-state index is 7.17. The molecule has 0 aliphatic carbocycles. The topological polar surface area (TPSA) is 26.0 Å². The summed E-state index contributed by atoms with van der Waals surface area (Å²) in [6, 6.07) is 3.04. The fourth-order valence-electron chi connectivity index (χ4n) is 0.377. The van der Waals surface area contributed by atoms with Crippen molar-refractivity contribution in [3.8, 4) is 0 Å². The van der Waals surface area contributed by atoms with Gasteiger partial charge in [0.25, 0.3) is 0 Å². The van der Waals surface area contributed by atoms with Gasteiger partial charge in [-0.2, -0.15) is 0 Å². The highest BCUT2D eigenvalue weighted by Crippen LogP contribution is 2.09. The van der Waals surface area contributed by atoms with E-state index < -0.39 is 0 Å². The number of anilines is 1. The summed E-state index contributed by atoms with van der Waals surface area (Å²) in [5.41, 5.74) is 5.49. The number of hydrogen-bond acceptors (Lipinski definition) is 1. The number of nitrogens with two attached hydrogens (primary N) is 1. The molecule has 1 aromatic rings. The first kappa shape index (κ1) is 3.36. The van der Waals surface area contributed by atoms with Gasteiger partial charge in [-0.1, -0.05) is 11.6 Å². The summed E-state index contributed by atoms with van der Waals surface area (Å²) in [5, 5.41) is 0.379. The predicted molar refractivity (Wildman–Crippen MR) is 35.9 cm³/mol. The average molecular weight is 130 g/mol. The van der Waals surface area contributed by atoms with Gasteiger partial charge in [0.05, 0.1) is 2.74 Å². The van der Waals surface area contributed by atoms with E-state index in [1.807, 2.05) is 0 Å². The summed E-state index contributed by atoms with van der Waals surface area (Å²) < 4.78 is 14.3. The van der Waals surface area contributed by atoms with Crippen LogP contribution in [0.1, 0.15) is 2.74 Å². The van der Waals surface area contributed by atoms with Gasteiger partial charge in [0.1, 0.15) is 0 Å². The average Bonchev–Trinajstić information content (AvgIpc) is 1.82.